The number of hydrogen-bond acceptors (Lipinski definition) is 8. The van der Waals surface area contributed by atoms with Gasteiger partial charge >= 0.3 is 0 Å². The van der Waals surface area contributed by atoms with Crippen LogP contribution in [0.2, 0.25) is 0 Å². The number of ether oxygens (including phenoxy) is 5. The molecule has 2 aliphatic heterocycles. The first kappa shape index (κ1) is 22.8. The van der Waals surface area contributed by atoms with Crippen LogP contribution < -0.4 is 29.0 Å². The van der Waals surface area contributed by atoms with Crippen molar-refractivity contribution in [3.63, 3.8) is 0 Å². The molecule has 2 aromatic carbocycles. The maximum atomic E-state index is 5.66. The lowest BCUT2D eigenvalue weighted by Gasteiger charge is -2.15. The number of hydrogen-bond donors (Lipinski definition) is 1. The summed E-state index contributed by atoms with van der Waals surface area (Å²) in [5, 5.41) is 7.66. The number of halogens is 1. The lowest BCUT2D eigenvalue weighted by atomic mass is 10.0. The molecule has 0 aliphatic carbocycles. The molecule has 31 heavy (non-hydrogen) atoms. The van der Waals surface area contributed by atoms with Gasteiger partial charge in [-0.25, -0.2) is 0 Å². The number of nitrogens with zero attached hydrogens (tertiary/aromatic N) is 1. The van der Waals surface area contributed by atoms with Crippen molar-refractivity contribution in [2.24, 2.45) is 5.16 Å². The second-order valence-corrected chi connectivity index (χ2v) is 7.08. The van der Waals surface area contributed by atoms with Crippen LogP contribution in [0.3, 0.4) is 0 Å². The zero-order valence-electron chi connectivity index (χ0n) is 17.8. The van der Waals surface area contributed by atoms with Crippen molar-refractivity contribution >= 4 is 18.1 Å². The molecule has 0 fully saturated rings. The van der Waals surface area contributed by atoms with Gasteiger partial charge in [0.1, 0.15) is 11.9 Å². The minimum atomic E-state index is -0.0717. The van der Waals surface area contributed by atoms with E-state index in [1.807, 2.05) is 24.3 Å². The summed E-state index contributed by atoms with van der Waals surface area (Å²) in [7, 11) is 4.89. The Hall–Kier alpha value is -2.84. The van der Waals surface area contributed by atoms with Gasteiger partial charge in [0.25, 0.3) is 0 Å². The van der Waals surface area contributed by atoms with Gasteiger partial charge in [0, 0.05) is 31.5 Å². The monoisotopic (exact) mass is 450 g/mol. The summed E-state index contributed by atoms with van der Waals surface area (Å²) < 4.78 is 27.4. The normalized spacial score (nSPS) is 16.2. The Morgan fingerprint density at radius 2 is 1.87 bits per heavy atom. The predicted molar refractivity (Wildman–Crippen MR) is 118 cm³/mol. The number of fused-ring (bicyclic) bond motifs is 1. The van der Waals surface area contributed by atoms with Crippen LogP contribution in [0.1, 0.15) is 17.5 Å². The van der Waals surface area contributed by atoms with E-state index in [0.717, 1.165) is 35.6 Å². The van der Waals surface area contributed by atoms with E-state index >= 15 is 0 Å². The van der Waals surface area contributed by atoms with Crippen LogP contribution in [0, 0.1) is 0 Å². The maximum absolute atomic E-state index is 5.66. The van der Waals surface area contributed by atoms with Crippen molar-refractivity contribution in [3.05, 3.63) is 41.5 Å². The van der Waals surface area contributed by atoms with Crippen molar-refractivity contribution in [2.75, 3.05) is 34.7 Å². The summed E-state index contributed by atoms with van der Waals surface area (Å²) in [6, 6.07) is 9.90. The third-order valence-corrected chi connectivity index (χ3v) is 5.10. The first-order valence-corrected chi connectivity index (χ1v) is 9.80. The van der Waals surface area contributed by atoms with Crippen LogP contribution in [-0.4, -0.2) is 46.5 Å². The molecule has 2 aliphatic rings. The number of nitrogens with one attached hydrogen (secondary N) is 1. The average Bonchev–Trinajstić information content (AvgIpc) is 3.43. The zero-order valence-corrected chi connectivity index (χ0v) is 18.6. The standard InChI is InChI=1S/C22H26N2O6.ClH/c1-25-17-6-4-5-14(7-17)11-23-12-16-10-18(30-24-16)8-15-9-19(26-2)21-22(20(15)27-3)29-13-28-21;/h4-7,9,18,23H,8,10-13H2,1-3H3;1H. The highest BCUT2D eigenvalue weighted by Crippen LogP contribution is 2.49. The molecule has 2 heterocycles. The van der Waals surface area contributed by atoms with Gasteiger partial charge in [0.2, 0.25) is 18.3 Å². The molecule has 9 heteroatoms. The maximum Gasteiger partial charge on any atom is 0.231 e. The highest BCUT2D eigenvalue weighted by Gasteiger charge is 2.30. The molecule has 0 aromatic heterocycles. The van der Waals surface area contributed by atoms with Crippen LogP contribution in [0.5, 0.6) is 28.7 Å². The van der Waals surface area contributed by atoms with Gasteiger partial charge in [-0.15, -0.1) is 12.4 Å². The van der Waals surface area contributed by atoms with E-state index in [9.17, 15) is 0 Å². The third-order valence-electron chi connectivity index (χ3n) is 5.10. The van der Waals surface area contributed by atoms with E-state index in [4.69, 9.17) is 28.5 Å². The number of oxime groups is 1. The highest BCUT2D eigenvalue weighted by molar-refractivity contribution is 5.87. The molecule has 0 saturated heterocycles. The molecule has 0 saturated carbocycles. The van der Waals surface area contributed by atoms with Crippen molar-refractivity contribution in [3.8, 4) is 28.7 Å². The molecule has 1 unspecified atom stereocenters. The van der Waals surface area contributed by atoms with E-state index < -0.39 is 0 Å². The molecule has 1 N–H and O–H groups in total. The first-order valence-electron chi connectivity index (χ1n) is 9.80. The van der Waals surface area contributed by atoms with Crippen LogP contribution in [0.25, 0.3) is 0 Å². The van der Waals surface area contributed by atoms with Gasteiger partial charge < -0.3 is 33.8 Å². The largest absolute Gasteiger partial charge is 0.497 e. The van der Waals surface area contributed by atoms with Crippen LogP contribution in [0.4, 0.5) is 0 Å². The van der Waals surface area contributed by atoms with Gasteiger partial charge in [-0.3, -0.25) is 0 Å². The summed E-state index contributed by atoms with van der Waals surface area (Å²) in [5.74, 6) is 3.27. The Kier molecular flexibility index (Phi) is 7.70. The SMILES string of the molecule is COc1cccc(CNCC2=NOC(Cc3cc(OC)c4c(c3OC)OCO4)C2)c1.Cl. The Morgan fingerprint density at radius 3 is 2.65 bits per heavy atom. The average molecular weight is 451 g/mol. The van der Waals surface area contributed by atoms with Gasteiger partial charge in [-0.1, -0.05) is 17.3 Å². The smallest absolute Gasteiger partial charge is 0.231 e. The third kappa shape index (κ3) is 5.08. The predicted octanol–water partition coefficient (Wildman–Crippen LogP) is 3.34. The topological polar surface area (TPSA) is 79.8 Å². The van der Waals surface area contributed by atoms with Gasteiger partial charge in [-0.2, -0.15) is 0 Å². The number of benzene rings is 2. The minimum Gasteiger partial charge on any atom is -0.497 e. The lowest BCUT2D eigenvalue weighted by molar-refractivity contribution is 0.0853. The number of rotatable bonds is 9. The molecule has 0 amide bonds. The van der Waals surface area contributed by atoms with Crippen LogP contribution in [-0.2, 0) is 17.8 Å². The van der Waals surface area contributed by atoms with Gasteiger partial charge in [0.05, 0.1) is 27.0 Å². The molecule has 8 nitrogen and oxygen atoms in total. The fourth-order valence-corrected chi connectivity index (χ4v) is 3.67. The van der Waals surface area contributed by atoms with E-state index in [0.29, 0.717) is 36.0 Å². The quantitative estimate of drug-likeness (QED) is 0.627. The van der Waals surface area contributed by atoms with Gasteiger partial charge in [-0.05, 0) is 23.8 Å². The summed E-state index contributed by atoms with van der Waals surface area (Å²) in [5.41, 5.74) is 3.07. The molecular formula is C22H27ClN2O6. The Bertz CT molecular complexity index is 936. The first-order chi connectivity index (χ1) is 14.7. The Morgan fingerprint density at radius 1 is 1.03 bits per heavy atom. The second-order valence-electron chi connectivity index (χ2n) is 7.08. The fourth-order valence-electron chi connectivity index (χ4n) is 3.67. The van der Waals surface area contributed by atoms with Crippen molar-refractivity contribution in [1.82, 2.24) is 5.32 Å². The Labute approximate surface area is 187 Å². The van der Waals surface area contributed by atoms with Crippen LogP contribution >= 0.6 is 12.4 Å². The molecule has 168 valence electrons. The molecule has 0 spiro atoms. The second kappa shape index (κ2) is 10.5. The fraction of sp³-hybridized carbons (Fsp3) is 0.409. The van der Waals surface area contributed by atoms with Crippen molar-refractivity contribution < 1.29 is 28.5 Å². The Balaban J connectivity index is 0.00000272. The van der Waals surface area contributed by atoms with E-state index in [-0.39, 0.29) is 25.3 Å². The van der Waals surface area contributed by atoms with E-state index in [1.165, 1.54) is 0 Å². The van der Waals surface area contributed by atoms with Crippen molar-refractivity contribution in [2.45, 2.75) is 25.5 Å². The molecule has 0 bridgehead atoms. The summed E-state index contributed by atoms with van der Waals surface area (Å²) in [6.45, 7) is 1.54. The zero-order chi connectivity index (χ0) is 20.9. The minimum absolute atomic E-state index is 0. The molecule has 0 radical (unpaired) electrons. The summed E-state index contributed by atoms with van der Waals surface area (Å²) >= 11 is 0. The molecular weight excluding hydrogens is 424 g/mol. The van der Waals surface area contributed by atoms with Crippen molar-refractivity contribution in [1.29, 1.82) is 0 Å². The van der Waals surface area contributed by atoms with Gasteiger partial charge in [0.15, 0.2) is 11.5 Å². The molecule has 1 atom stereocenters. The molecule has 4 rings (SSSR count). The highest BCUT2D eigenvalue weighted by atomic mass is 35.5. The lowest BCUT2D eigenvalue weighted by Crippen LogP contribution is -2.23. The summed E-state index contributed by atoms with van der Waals surface area (Å²) in [6.07, 6.45) is 1.29. The summed E-state index contributed by atoms with van der Waals surface area (Å²) in [4.78, 5) is 5.66. The molecule has 2 aromatic rings. The van der Waals surface area contributed by atoms with Crippen LogP contribution in [0.15, 0.2) is 35.5 Å². The van der Waals surface area contributed by atoms with E-state index in [1.54, 1.807) is 21.3 Å². The van der Waals surface area contributed by atoms with E-state index in [2.05, 4.69) is 16.5 Å². The number of methoxy groups -OCH3 is 3.